The molecule has 110 valence electrons. The zero-order valence-corrected chi connectivity index (χ0v) is 11.7. The van der Waals surface area contributed by atoms with Crippen molar-refractivity contribution >= 4 is 23.0 Å². The highest BCUT2D eigenvalue weighted by molar-refractivity contribution is 6.31. The molecule has 0 saturated carbocycles. The number of nitro groups is 1. The molecule has 0 atom stereocenters. The van der Waals surface area contributed by atoms with Crippen LogP contribution >= 0.6 is 11.6 Å². The summed E-state index contributed by atoms with van der Waals surface area (Å²) in [6, 6.07) is 9.66. The Morgan fingerprint density at radius 2 is 1.95 bits per heavy atom. The van der Waals surface area contributed by atoms with Gasteiger partial charge in [-0.3, -0.25) is 10.1 Å². The Bertz CT molecular complexity index is 676. The lowest BCUT2D eigenvalue weighted by atomic mass is 10.1. The van der Waals surface area contributed by atoms with E-state index in [-0.39, 0.29) is 18.2 Å². The molecule has 0 fully saturated rings. The fourth-order valence-corrected chi connectivity index (χ4v) is 2.17. The average Bonchev–Trinajstić information content (AvgIpc) is 2.47. The van der Waals surface area contributed by atoms with E-state index >= 15 is 0 Å². The lowest BCUT2D eigenvalue weighted by Gasteiger charge is -2.11. The maximum atomic E-state index is 10.8. The lowest BCUT2D eigenvalue weighted by molar-refractivity contribution is -0.385. The Labute approximate surface area is 125 Å². The summed E-state index contributed by atoms with van der Waals surface area (Å²) in [6.45, 7) is 0.00902. The molecular weight excluding hydrogens is 296 g/mol. The van der Waals surface area contributed by atoms with Gasteiger partial charge in [-0.15, -0.1) is 0 Å². The number of anilines is 1. The number of phenols is 1. The molecule has 3 N–H and O–H groups in total. The quantitative estimate of drug-likeness (QED) is 0.583. The summed E-state index contributed by atoms with van der Waals surface area (Å²) in [7, 11) is 0. The number of halogens is 1. The van der Waals surface area contributed by atoms with Crippen LogP contribution in [-0.4, -0.2) is 15.1 Å². The van der Waals surface area contributed by atoms with E-state index in [9.17, 15) is 20.3 Å². The number of nitrogens with one attached hydrogen (secondary N) is 1. The molecule has 6 nitrogen and oxygen atoms in total. The summed E-state index contributed by atoms with van der Waals surface area (Å²) in [4.78, 5) is 10.1. The Kier molecular flexibility index (Phi) is 4.62. The second kappa shape index (κ2) is 6.43. The van der Waals surface area contributed by atoms with Crippen molar-refractivity contribution in [3.05, 3.63) is 62.7 Å². The molecule has 0 spiro atoms. The zero-order chi connectivity index (χ0) is 15.4. The van der Waals surface area contributed by atoms with Crippen LogP contribution < -0.4 is 5.32 Å². The van der Waals surface area contributed by atoms with E-state index in [0.29, 0.717) is 16.8 Å². The van der Waals surface area contributed by atoms with E-state index in [1.54, 1.807) is 24.3 Å². The minimum Gasteiger partial charge on any atom is -0.502 e. The number of hydrogen-bond acceptors (Lipinski definition) is 5. The van der Waals surface area contributed by atoms with Crippen LogP contribution in [0.2, 0.25) is 5.02 Å². The van der Waals surface area contributed by atoms with Crippen LogP contribution in [0.5, 0.6) is 5.75 Å². The number of para-hydroxylation sites is 1. The van der Waals surface area contributed by atoms with Crippen molar-refractivity contribution in [1.29, 1.82) is 0 Å². The third-order valence-electron chi connectivity index (χ3n) is 2.99. The molecule has 2 rings (SSSR count). The van der Waals surface area contributed by atoms with Crippen LogP contribution in [0.1, 0.15) is 11.1 Å². The van der Waals surface area contributed by atoms with E-state index < -0.39 is 16.4 Å². The number of hydrogen-bond donors (Lipinski definition) is 3. The fraction of sp³-hybridized carbons (Fsp3) is 0.143. The number of aliphatic hydroxyl groups excluding tert-OH is 1. The van der Waals surface area contributed by atoms with Crippen LogP contribution in [0.15, 0.2) is 36.4 Å². The number of phenolic OH excluding ortho intramolecular Hbond substituents is 1. The summed E-state index contributed by atoms with van der Waals surface area (Å²) in [5.74, 6) is -0.418. The monoisotopic (exact) mass is 308 g/mol. The predicted molar refractivity (Wildman–Crippen MR) is 79.5 cm³/mol. The fourth-order valence-electron chi connectivity index (χ4n) is 1.93. The highest BCUT2D eigenvalue weighted by Crippen LogP contribution is 2.33. The molecule has 7 heteroatoms. The number of nitro benzene ring substituents is 1. The van der Waals surface area contributed by atoms with E-state index in [2.05, 4.69) is 5.32 Å². The van der Waals surface area contributed by atoms with E-state index in [0.717, 1.165) is 6.07 Å². The molecule has 0 aliphatic heterocycles. The minimum absolute atomic E-state index is 0.134. The normalized spacial score (nSPS) is 10.4. The smallest absolute Gasteiger partial charge is 0.312 e. The van der Waals surface area contributed by atoms with Crippen LogP contribution in [0.4, 0.5) is 11.4 Å². The standard InChI is InChI=1S/C14H13ClN2O4/c15-11-5-10(14(19)13(6-11)17(20)21)7-16-12-4-2-1-3-9(12)8-18/h1-6,16,18-19H,7-8H2. The van der Waals surface area contributed by atoms with Crippen molar-refractivity contribution in [2.24, 2.45) is 0 Å². The summed E-state index contributed by atoms with van der Waals surface area (Å²) >= 11 is 5.82. The van der Waals surface area contributed by atoms with Gasteiger partial charge >= 0.3 is 5.69 Å². The van der Waals surface area contributed by atoms with Gasteiger partial charge in [-0.1, -0.05) is 29.8 Å². The molecule has 2 aromatic rings. The number of benzene rings is 2. The Morgan fingerprint density at radius 1 is 1.24 bits per heavy atom. The molecule has 0 saturated heterocycles. The Morgan fingerprint density at radius 3 is 2.62 bits per heavy atom. The highest BCUT2D eigenvalue weighted by Gasteiger charge is 2.18. The molecule has 0 radical (unpaired) electrons. The van der Waals surface area contributed by atoms with Gasteiger partial charge in [-0.25, -0.2) is 0 Å². The molecule has 0 aliphatic carbocycles. The molecule has 0 heterocycles. The zero-order valence-electron chi connectivity index (χ0n) is 10.9. The number of rotatable bonds is 5. The lowest BCUT2D eigenvalue weighted by Crippen LogP contribution is -2.03. The second-order valence-electron chi connectivity index (χ2n) is 4.36. The summed E-state index contributed by atoms with van der Waals surface area (Å²) in [5, 5.41) is 33.2. The number of nitrogens with zero attached hydrogens (tertiary/aromatic N) is 1. The first-order valence-corrected chi connectivity index (χ1v) is 6.49. The van der Waals surface area contributed by atoms with Crippen molar-refractivity contribution in [2.75, 3.05) is 5.32 Å². The average molecular weight is 309 g/mol. The van der Waals surface area contributed by atoms with Gasteiger partial charge in [0.05, 0.1) is 11.5 Å². The molecular formula is C14H13ClN2O4. The largest absolute Gasteiger partial charge is 0.502 e. The number of aliphatic hydroxyl groups is 1. The molecule has 2 aromatic carbocycles. The predicted octanol–water partition coefficient (Wildman–Crippen LogP) is 3.06. The van der Waals surface area contributed by atoms with Crippen molar-refractivity contribution in [2.45, 2.75) is 13.2 Å². The second-order valence-corrected chi connectivity index (χ2v) is 4.80. The maximum absolute atomic E-state index is 10.8. The van der Waals surface area contributed by atoms with Gasteiger partial charge in [0.1, 0.15) is 0 Å². The van der Waals surface area contributed by atoms with Gasteiger partial charge in [-0.2, -0.15) is 0 Å². The topological polar surface area (TPSA) is 95.6 Å². The van der Waals surface area contributed by atoms with Crippen LogP contribution in [0, 0.1) is 10.1 Å². The molecule has 0 bridgehead atoms. The first-order chi connectivity index (χ1) is 10.0. The van der Waals surface area contributed by atoms with E-state index in [1.165, 1.54) is 6.07 Å². The van der Waals surface area contributed by atoms with Crippen molar-refractivity contribution in [3.8, 4) is 5.75 Å². The number of aromatic hydroxyl groups is 1. The first kappa shape index (κ1) is 15.1. The van der Waals surface area contributed by atoms with Gasteiger partial charge in [0.2, 0.25) is 0 Å². The van der Waals surface area contributed by atoms with Crippen LogP contribution in [0.3, 0.4) is 0 Å². The van der Waals surface area contributed by atoms with E-state index in [1.807, 2.05) is 0 Å². The summed E-state index contributed by atoms with van der Waals surface area (Å²) < 4.78 is 0. The van der Waals surface area contributed by atoms with Gasteiger partial charge in [0.15, 0.2) is 5.75 Å². The molecule has 21 heavy (non-hydrogen) atoms. The third kappa shape index (κ3) is 3.42. The molecule has 0 unspecified atom stereocenters. The van der Waals surface area contributed by atoms with Crippen LogP contribution in [0.25, 0.3) is 0 Å². The maximum Gasteiger partial charge on any atom is 0.312 e. The molecule has 0 aliphatic rings. The Balaban J connectivity index is 2.26. The van der Waals surface area contributed by atoms with Gasteiger partial charge in [0, 0.05) is 34.4 Å². The van der Waals surface area contributed by atoms with Gasteiger partial charge in [0.25, 0.3) is 0 Å². The third-order valence-corrected chi connectivity index (χ3v) is 3.21. The summed E-state index contributed by atoms with van der Waals surface area (Å²) in [6.07, 6.45) is 0. The van der Waals surface area contributed by atoms with Crippen molar-refractivity contribution < 1.29 is 15.1 Å². The van der Waals surface area contributed by atoms with Crippen molar-refractivity contribution in [3.63, 3.8) is 0 Å². The van der Waals surface area contributed by atoms with Gasteiger partial charge < -0.3 is 15.5 Å². The van der Waals surface area contributed by atoms with Gasteiger partial charge in [-0.05, 0) is 12.1 Å². The minimum atomic E-state index is -0.688. The molecule has 0 aromatic heterocycles. The highest BCUT2D eigenvalue weighted by atomic mass is 35.5. The first-order valence-electron chi connectivity index (χ1n) is 6.11. The van der Waals surface area contributed by atoms with Crippen LogP contribution in [-0.2, 0) is 13.2 Å². The molecule has 0 amide bonds. The van der Waals surface area contributed by atoms with Crippen molar-refractivity contribution in [1.82, 2.24) is 0 Å². The SMILES string of the molecule is O=[N+]([O-])c1cc(Cl)cc(CNc2ccccc2CO)c1O. The summed E-state index contributed by atoms with van der Waals surface area (Å²) in [5.41, 5.74) is 1.24. The van der Waals surface area contributed by atoms with E-state index in [4.69, 9.17) is 11.6 Å². The Hall–Kier alpha value is -2.31.